The number of carbonyl (C=O) groups excluding carboxylic acids is 1. The third kappa shape index (κ3) is 4.59. The van der Waals surface area contributed by atoms with Gasteiger partial charge < -0.3 is 10.1 Å². The summed E-state index contributed by atoms with van der Waals surface area (Å²) in [7, 11) is -2.13. The van der Waals surface area contributed by atoms with Gasteiger partial charge in [0.15, 0.2) is 0 Å². The van der Waals surface area contributed by atoms with Crippen LogP contribution in [0.1, 0.15) is 5.56 Å². The maximum Gasteiger partial charge on any atom is 0.245 e. The van der Waals surface area contributed by atoms with Gasteiger partial charge in [0.25, 0.3) is 0 Å². The van der Waals surface area contributed by atoms with E-state index < -0.39 is 10.0 Å². The number of amides is 1. The Labute approximate surface area is 187 Å². The molecule has 0 aliphatic carbocycles. The van der Waals surface area contributed by atoms with Crippen LogP contribution in [0.15, 0.2) is 59.6 Å². The first-order valence-electron chi connectivity index (χ1n) is 10.4. The molecule has 0 atom stereocenters. The largest absolute Gasteiger partial charge is 0.495 e. The molecule has 0 saturated carbocycles. The van der Waals surface area contributed by atoms with Crippen LogP contribution in [0.5, 0.6) is 5.75 Å². The van der Waals surface area contributed by atoms with Gasteiger partial charge in [-0.1, -0.05) is 24.3 Å². The van der Waals surface area contributed by atoms with E-state index in [2.05, 4.69) is 10.3 Å². The summed E-state index contributed by atoms with van der Waals surface area (Å²) in [5.74, 6) is 0.426. The lowest BCUT2D eigenvalue weighted by atomic mass is 10.2. The van der Waals surface area contributed by atoms with Crippen LogP contribution in [0.25, 0.3) is 10.9 Å². The smallest absolute Gasteiger partial charge is 0.245 e. The molecule has 0 spiro atoms. The summed E-state index contributed by atoms with van der Waals surface area (Å²) < 4.78 is 33.3. The topological polar surface area (TPSA) is 91.8 Å². The Hall–Kier alpha value is -3.01. The van der Waals surface area contributed by atoms with Crippen molar-refractivity contribution in [2.24, 2.45) is 0 Å². The number of nitrogens with zero attached hydrogens (tertiary/aromatic N) is 3. The molecule has 168 valence electrons. The van der Waals surface area contributed by atoms with Gasteiger partial charge in [0.1, 0.15) is 10.6 Å². The van der Waals surface area contributed by atoms with Crippen molar-refractivity contribution in [1.29, 1.82) is 0 Å². The summed E-state index contributed by atoms with van der Waals surface area (Å²) in [6.45, 7) is 3.67. The van der Waals surface area contributed by atoms with E-state index in [1.807, 2.05) is 36.1 Å². The van der Waals surface area contributed by atoms with Crippen molar-refractivity contribution in [2.75, 3.05) is 45.2 Å². The zero-order valence-corrected chi connectivity index (χ0v) is 18.9. The van der Waals surface area contributed by atoms with Crippen LogP contribution in [-0.4, -0.2) is 68.3 Å². The number of sulfonamides is 1. The Bertz CT molecular complexity index is 1240. The average molecular weight is 455 g/mol. The normalized spacial score (nSPS) is 15.6. The molecular formula is C23H26N4O4S. The van der Waals surface area contributed by atoms with Crippen molar-refractivity contribution in [3.63, 3.8) is 0 Å². The van der Waals surface area contributed by atoms with Crippen molar-refractivity contribution >= 4 is 32.5 Å². The molecule has 0 bridgehead atoms. The molecule has 0 radical (unpaired) electrons. The van der Waals surface area contributed by atoms with E-state index in [0.717, 1.165) is 10.9 Å². The quantitative estimate of drug-likeness (QED) is 0.615. The number of aryl methyl sites for hydroxylation is 1. The van der Waals surface area contributed by atoms with Gasteiger partial charge in [-0.05, 0) is 36.8 Å². The number of fused-ring (bicyclic) bond motifs is 1. The predicted molar refractivity (Wildman–Crippen MR) is 123 cm³/mol. The highest BCUT2D eigenvalue weighted by atomic mass is 32.2. The molecule has 1 aromatic heterocycles. The van der Waals surface area contributed by atoms with Crippen molar-refractivity contribution < 1.29 is 17.9 Å². The van der Waals surface area contributed by atoms with E-state index in [1.165, 1.54) is 4.31 Å². The van der Waals surface area contributed by atoms with Crippen LogP contribution in [0.2, 0.25) is 0 Å². The lowest BCUT2D eigenvalue weighted by Gasteiger charge is -2.33. The third-order valence-corrected chi connectivity index (χ3v) is 7.44. The number of rotatable bonds is 6. The van der Waals surface area contributed by atoms with Crippen LogP contribution in [0, 0.1) is 6.92 Å². The molecule has 32 heavy (non-hydrogen) atoms. The Kier molecular flexibility index (Phi) is 6.40. The van der Waals surface area contributed by atoms with E-state index in [4.69, 9.17) is 4.74 Å². The number of anilines is 1. The van der Waals surface area contributed by atoms with Crippen LogP contribution in [0.4, 0.5) is 5.69 Å². The number of piperazine rings is 1. The van der Waals surface area contributed by atoms with Crippen molar-refractivity contribution in [3.8, 4) is 5.75 Å². The summed E-state index contributed by atoms with van der Waals surface area (Å²) >= 11 is 0. The fourth-order valence-corrected chi connectivity index (χ4v) is 5.45. The second kappa shape index (κ2) is 9.23. The van der Waals surface area contributed by atoms with Gasteiger partial charge in [-0.15, -0.1) is 0 Å². The number of para-hydroxylation sites is 3. The summed E-state index contributed by atoms with van der Waals surface area (Å²) in [6.07, 6.45) is 1.68. The van der Waals surface area contributed by atoms with Gasteiger partial charge in [-0.25, -0.2) is 8.42 Å². The highest BCUT2D eigenvalue weighted by molar-refractivity contribution is 7.89. The van der Waals surface area contributed by atoms with Gasteiger partial charge in [-0.3, -0.25) is 14.7 Å². The van der Waals surface area contributed by atoms with E-state index >= 15 is 0 Å². The summed E-state index contributed by atoms with van der Waals surface area (Å²) in [6, 6.07) is 14.4. The molecule has 1 aliphatic rings. The minimum atomic E-state index is -3.68. The van der Waals surface area contributed by atoms with Crippen LogP contribution < -0.4 is 10.1 Å². The fraction of sp³-hybridized carbons (Fsp3) is 0.304. The average Bonchev–Trinajstić information content (AvgIpc) is 2.79. The molecule has 0 unspecified atom stereocenters. The van der Waals surface area contributed by atoms with Crippen LogP contribution >= 0.6 is 0 Å². The number of pyridine rings is 1. The summed E-state index contributed by atoms with van der Waals surface area (Å²) in [4.78, 5) is 19.0. The van der Waals surface area contributed by atoms with Gasteiger partial charge in [-0.2, -0.15) is 4.31 Å². The highest BCUT2D eigenvalue weighted by Crippen LogP contribution is 2.26. The number of aromatic nitrogens is 1. The Balaban J connectivity index is 1.41. The maximum atomic E-state index is 13.3. The van der Waals surface area contributed by atoms with Crippen molar-refractivity contribution in [2.45, 2.75) is 11.8 Å². The van der Waals surface area contributed by atoms with Crippen LogP contribution in [-0.2, 0) is 14.8 Å². The number of ether oxygens (including phenoxy) is 1. The monoisotopic (exact) mass is 454 g/mol. The number of carbonyl (C=O) groups is 1. The minimum Gasteiger partial charge on any atom is -0.495 e. The molecule has 1 aliphatic heterocycles. The van der Waals surface area contributed by atoms with E-state index in [-0.39, 0.29) is 17.3 Å². The Morgan fingerprint density at radius 1 is 1.09 bits per heavy atom. The Morgan fingerprint density at radius 3 is 2.59 bits per heavy atom. The van der Waals surface area contributed by atoms with Crippen LogP contribution in [0.3, 0.4) is 0 Å². The van der Waals surface area contributed by atoms with Gasteiger partial charge in [0, 0.05) is 37.8 Å². The summed E-state index contributed by atoms with van der Waals surface area (Å²) in [5, 5.41) is 3.66. The van der Waals surface area contributed by atoms with E-state index in [0.29, 0.717) is 43.1 Å². The molecule has 1 fully saturated rings. The number of hydrogen-bond acceptors (Lipinski definition) is 6. The molecule has 8 nitrogen and oxygen atoms in total. The SMILES string of the molecule is COc1ccccc1NC(=O)CN1CCN(S(=O)(=O)c2cccc3cc(C)cnc23)CC1. The first kappa shape index (κ1) is 22.2. The number of methoxy groups -OCH3 is 1. The standard InChI is InChI=1S/C23H26N4O4S/c1-17-14-18-6-5-9-21(23(18)24-15-17)32(29,30)27-12-10-26(11-13-27)16-22(28)25-19-7-3-4-8-20(19)31-2/h3-9,14-15H,10-13,16H2,1-2H3,(H,25,28). The molecule has 4 rings (SSSR count). The van der Waals surface area contributed by atoms with Gasteiger partial charge in [0.05, 0.1) is 24.9 Å². The van der Waals surface area contributed by atoms with E-state index in [9.17, 15) is 13.2 Å². The first-order chi connectivity index (χ1) is 15.4. The van der Waals surface area contributed by atoms with Crippen molar-refractivity contribution in [3.05, 3.63) is 60.3 Å². The molecule has 1 amide bonds. The van der Waals surface area contributed by atoms with Gasteiger partial charge >= 0.3 is 0 Å². The van der Waals surface area contributed by atoms with E-state index in [1.54, 1.807) is 37.6 Å². The number of hydrogen-bond donors (Lipinski definition) is 1. The van der Waals surface area contributed by atoms with Gasteiger partial charge in [0.2, 0.25) is 15.9 Å². The maximum absolute atomic E-state index is 13.3. The second-order valence-electron chi connectivity index (χ2n) is 7.77. The predicted octanol–water partition coefficient (Wildman–Crippen LogP) is 2.50. The number of benzene rings is 2. The highest BCUT2D eigenvalue weighted by Gasteiger charge is 2.30. The third-order valence-electron chi connectivity index (χ3n) is 5.51. The minimum absolute atomic E-state index is 0.167. The molecular weight excluding hydrogens is 428 g/mol. The lowest BCUT2D eigenvalue weighted by molar-refractivity contribution is -0.117. The lowest BCUT2D eigenvalue weighted by Crippen LogP contribution is -2.50. The first-order valence-corrected chi connectivity index (χ1v) is 11.8. The Morgan fingerprint density at radius 2 is 1.84 bits per heavy atom. The zero-order valence-electron chi connectivity index (χ0n) is 18.1. The molecule has 2 aromatic carbocycles. The molecule has 2 heterocycles. The second-order valence-corrected chi connectivity index (χ2v) is 9.68. The molecule has 1 N–H and O–H groups in total. The fourth-order valence-electron chi connectivity index (χ4n) is 3.86. The van der Waals surface area contributed by atoms with Crippen molar-refractivity contribution in [1.82, 2.24) is 14.2 Å². The summed E-state index contributed by atoms with van der Waals surface area (Å²) in [5.41, 5.74) is 2.07. The molecule has 9 heteroatoms. The molecule has 3 aromatic rings. The number of nitrogens with one attached hydrogen (secondary N) is 1. The zero-order chi connectivity index (χ0) is 22.7. The molecule has 1 saturated heterocycles.